The summed E-state index contributed by atoms with van der Waals surface area (Å²) in [6, 6.07) is 4.12. The van der Waals surface area contributed by atoms with Gasteiger partial charge in [0.05, 0.1) is 6.54 Å². The number of rotatable bonds is 5. The van der Waals surface area contributed by atoms with Gasteiger partial charge in [0.25, 0.3) is 0 Å². The zero-order valence-corrected chi connectivity index (χ0v) is 12.5. The largest absolute Gasteiger partial charge is 0.409 e. The fraction of sp³-hybridized carbons (Fsp3) is 0.571. The van der Waals surface area contributed by atoms with E-state index >= 15 is 0 Å². The molecule has 1 amide bonds. The summed E-state index contributed by atoms with van der Waals surface area (Å²) in [4.78, 5) is 14.9. The lowest BCUT2D eigenvalue weighted by Crippen LogP contribution is -2.47. The van der Waals surface area contributed by atoms with Crippen molar-refractivity contribution in [2.24, 2.45) is 16.3 Å². The second-order valence-corrected chi connectivity index (χ2v) is 6.43. The Kier molecular flexibility index (Phi) is 4.65. The molecule has 110 valence electrons. The van der Waals surface area contributed by atoms with Gasteiger partial charge < -0.3 is 16.3 Å². The van der Waals surface area contributed by atoms with Crippen molar-refractivity contribution in [2.75, 3.05) is 0 Å². The van der Waals surface area contributed by atoms with Crippen LogP contribution in [-0.2, 0) is 17.8 Å². The van der Waals surface area contributed by atoms with Gasteiger partial charge >= 0.3 is 0 Å². The first-order valence-electron chi connectivity index (χ1n) is 6.96. The highest BCUT2D eigenvalue weighted by molar-refractivity contribution is 7.11. The molecular weight excluding hydrogens is 274 g/mol. The van der Waals surface area contributed by atoms with Crippen molar-refractivity contribution in [3.05, 3.63) is 21.9 Å². The zero-order valence-electron chi connectivity index (χ0n) is 11.7. The summed E-state index contributed by atoms with van der Waals surface area (Å²) in [6.07, 6.45) is 4.18. The molecule has 0 radical (unpaired) electrons. The minimum atomic E-state index is -0.820. The van der Waals surface area contributed by atoms with Crippen LogP contribution in [0.15, 0.2) is 17.3 Å². The average Bonchev–Trinajstić information content (AvgIpc) is 3.13. The summed E-state index contributed by atoms with van der Waals surface area (Å²) in [5.41, 5.74) is 4.93. The summed E-state index contributed by atoms with van der Waals surface area (Å²) in [7, 11) is 0. The Morgan fingerprint density at radius 2 is 2.10 bits per heavy atom. The van der Waals surface area contributed by atoms with Crippen LogP contribution in [0.5, 0.6) is 0 Å². The number of amides is 1. The lowest BCUT2D eigenvalue weighted by atomic mass is 9.84. The van der Waals surface area contributed by atoms with E-state index < -0.39 is 5.41 Å². The van der Waals surface area contributed by atoms with E-state index in [1.807, 2.05) is 6.07 Å². The topological polar surface area (TPSA) is 87.7 Å². The Balaban J connectivity index is 2.02. The number of amidine groups is 1. The van der Waals surface area contributed by atoms with Crippen LogP contribution in [0.3, 0.4) is 0 Å². The van der Waals surface area contributed by atoms with Gasteiger partial charge in [-0.1, -0.05) is 24.9 Å². The molecule has 1 aromatic rings. The van der Waals surface area contributed by atoms with Gasteiger partial charge in [-0.2, -0.15) is 0 Å². The Bertz CT molecular complexity index is 504. The Labute approximate surface area is 122 Å². The first-order valence-corrected chi connectivity index (χ1v) is 7.78. The third-order valence-electron chi connectivity index (χ3n) is 3.98. The van der Waals surface area contributed by atoms with Gasteiger partial charge in [-0.25, -0.2) is 0 Å². The highest BCUT2D eigenvalue weighted by Gasteiger charge is 2.45. The number of carbonyl (C=O) groups is 1. The molecule has 20 heavy (non-hydrogen) atoms. The molecule has 1 aliphatic carbocycles. The van der Waals surface area contributed by atoms with E-state index in [2.05, 4.69) is 23.5 Å². The van der Waals surface area contributed by atoms with Crippen molar-refractivity contribution in [3.8, 4) is 0 Å². The van der Waals surface area contributed by atoms with Crippen molar-refractivity contribution < 1.29 is 10.0 Å². The molecule has 4 N–H and O–H groups in total. The molecule has 1 aliphatic rings. The van der Waals surface area contributed by atoms with Crippen LogP contribution in [0.25, 0.3) is 0 Å². The maximum Gasteiger partial charge on any atom is 0.234 e. The normalized spacial score (nSPS) is 18.1. The first-order chi connectivity index (χ1) is 9.62. The van der Waals surface area contributed by atoms with E-state index in [1.54, 1.807) is 11.3 Å². The molecular formula is C14H21N3O2S. The second kappa shape index (κ2) is 6.26. The summed E-state index contributed by atoms with van der Waals surface area (Å²) in [5.74, 6) is -0.0929. The molecule has 0 bridgehead atoms. The minimum Gasteiger partial charge on any atom is -0.409 e. The molecule has 0 atom stereocenters. The van der Waals surface area contributed by atoms with Crippen molar-refractivity contribution in [3.63, 3.8) is 0 Å². The number of thiophene rings is 1. The number of aryl methyl sites for hydroxylation is 1. The van der Waals surface area contributed by atoms with Gasteiger partial charge in [0.1, 0.15) is 5.41 Å². The van der Waals surface area contributed by atoms with E-state index in [0.717, 1.165) is 24.1 Å². The monoisotopic (exact) mass is 295 g/mol. The summed E-state index contributed by atoms with van der Waals surface area (Å²) in [5, 5.41) is 14.9. The van der Waals surface area contributed by atoms with E-state index in [9.17, 15) is 4.79 Å². The Hall–Kier alpha value is -1.56. The Morgan fingerprint density at radius 3 is 2.65 bits per heavy atom. The highest BCUT2D eigenvalue weighted by atomic mass is 32.1. The molecule has 2 rings (SSSR count). The van der Waals surface area contributed by atoms with E-state index in [4.69, 9.17) is 10.9 Å². The number of hydrogen-bond acceptors (Lipinski definition) is 4. The van der Waals surface area contributed by atoms with E-state index in [-0.39, 0.29) is 11.7 Å². The smallest absolute Gasteiger partial charge is 0.234 e. The molecule has 0 spiro atoms. The van der Waals surface area contributed by atoms with Crippen LogP contribution in [-0.4, -0.2) is 17.0 Å². The van der Waals surface area contributed by atoms with Crippen molar-refractivity contribution in [2.45, 2.75) is 45.6 Å². The van der Waals surface area contributed by atoms with Crippen LogP contribution in [0.1, 0.15) is 42.4 Å². The molecule has 6 heteroatoms. The molecule has 1 saturated carbocycles. The SMILES string of the molecule is CCc1ccc(CNC(=O)C2(/C(N)=N/O)CCCC2)s1. The van der Waals surface area contributed by atoms with Crippen LogP contribution in [0, 0.1) is 5.41 Å². The molecule has 0 aliphatic heterocycles. The van der Waals surface area contributed by atoms with Gasteiger partial charge in [0.2, 0.25) is 5.91 Å². The number of oxime groups is 1. The first kappa shape index (κ1) is 14.8. The predicted molar refractivity (Wildman–Crippen MR) is 79.9 cm³/mol. The second-order valence-electron chi connectivity index (χ2n) is 5.18. The third-order valence-corrected chi connectivity index (χ3v) is 5.21. The van der Waals surface area contributed by atoms with Crippen molar-refractivity contribution in [1.82, 2.24) is 5.32 Å². The number of nitrogens with zero attached hydrogens (tertiary/aromatic N) is 1. The van der Waals surface area contributed by atoms with Gasteiger partial charge in [-0.05, 0) is 31.4 Å². The third kappa shape index (κ3) is 2.80. The standard InChI is InChI=1S/C14H21N3O2S/c1-2-10-5-6-11(20-10)9-16-13(18)14(12(15)17-19)7-3-4-8-14/h5-6,19H,2-4,7-9H2,1H3,(H2,15,17)(H,16,18). The molecule has 1 heterocycles. The van der Waals surface area contributed by atoms with E-state index in [0.29, 0.717) is 19.4 Å². The van der Waals surface area contributed by atoms with Gasteiger partial charge in [-0.15, -0.1) is 11.3 Å². The van der Waals surface area contributed by atoms with Gasteiger partial charge in [0, 0.05) is 9.75 Å². The molecule has 5 nitrogen and oxygen atoms in total. The van der Waals surface area contributed by atoms with Crippen LogP contribution in [0.2, 0.25) is 0 Å². The maximum absolute atomic E-state index is 12.4. The van der Waals surface area contributed by atoms with Gasteiger partial charge in [0.15, 0.2) is 5.84 Å². The highest BCUT2D eigenvalue weighted by Crippen LogP contribution is 2.38. The lowest BCUT2D eigenvalue weighted by Gasteiger charge is -2.25. The van der Waals surface area contributed by atoms with Crippen LogP contribution >= 0.6 is 11.3 Å². The number of carbonyl (C=O) groups excluding carboxylic acids is 1. The van der Waals surface area contributed by atoms with Crippen LogP contribution in [0.4, 0.5) is 0 Å². The molecule has 1 fully saturated rings. The maximum atomic E-state index is 12.4. The molecule has 0 unspecified atom stereocenters. The molecule has 0 saturated heterocycles. The minimum absolute atomic E-state index is 0.0351. The number of nitrogens with two attached hydrogens (primary N) is 1. The van der Waals surface area contributed by atoms with Crippen LogP contribution < -0.4 is 11.1 Å². The average molecular weight is 295 g/mol. The van der Waals surface area contributed by atoms with Crippen molar-refractivity contribution in [1.29, 1.82) is 0 Å². The number of hydrogen-bond donors (Lipinski definition) is 3. The predicted octanol–water partition coefficient (Wildman–Crippen LogP) is 2.23. The summed E-state index contributed by atoms with van der Waals surface area (Å²) in [6.45, 7) is 2.62. The fourth-order valence-corrected chi connectivity index (χ4v) is 3.62. The van der Waals surface area contributed by atoms with Crippen molar-refractivity contribution >= 4 is 23.1 Å². The quantitative estimate of drug-likeness (QED) is 0.337. The molecule has 0 aromatic carbocycles. The zero-order chi connectivity index (χ0) is 14.6. The summed E-state index contributed by atoms with van der Waals surface area (Å²) < 4.78 is 0. The number of nitrogens with one attached hydrogen (secondary N) is 1. The lowest BCUT2D eigenvalue weighted by molar-refractivity contribution is -0.127. The fourth-order valence-electron chi connectivity index (χ4n) is 2.72. The molecule has 1 aromatic heterocycles. The van der Waals surface area contributed by atoms with E-state index in [1.165, 1.54) is 4.88 Å². The van der Waals surface area contributed by atoms with Gasteiger partial charge in [-0.3, -0.25) is 4.79 Å². The summed E-state index contributed by atoms with van der Waals surface area (Å²) >= 11 is 1.70. The Morgan fingerprint density at radius 1 is 1.45 bits per heavy atom.